The Morgan fingerprint density at radius 2 is 2.15 bits per heavy atom. The fourth-order valence-corrected chi connectivity index (χ4v) is 3.92. The zero-order valence-electron chi connectivity index (χ0n) is 17.3. The lowest BCUT2D eigenvalue weighted by atomic mass is 9.86. The fraction of sp³-hybridized carbons (Fsp3) is 0.591. The number of esters is 1. The van der Waals surface area contributed by atoms with Crippen LogP contribution in [-0.4, -0.2) is 41.8 Å². The van der Waals surface area contributed by atoms with Gasteiger partial charge in [0.05, 0.1) is 6.61 Å². The van der Waals surface area contributed by atoms with Crippen LogP contribution in [0.15, 0.2) is 24.4 Å². The van der Waals surface area contributed by atoms with Gasteiger partial charge in [0, 0.05) is 42.7 Å². The van der Waals surface area contributed by atoms with E-state index in [4.69, 9.17) is 4.74 Å². The first kappa shape index (κ1) is 19.9. The maximum atomic E-state index is 12.4. The quantitative estimate of drug-likeness (QED) is 0.787. The van der Waals surface area contributed by atoms with Crippen LogP contribution in [0.1, 0.15) is 44.7 Å². The topological polar surface area (TPSA) is 46.5 Å². The molecular formula is C22H33N3O2. The Hall–Kier alpha value is -1.85. The average Bonchev–Trinajstić information content (AvgIpc) is 2.96. The molecule has 0 aliphatic carbocycles. The van der Waals surface area contributed by atoms with Crippen molar-refractivity contribution in [2.45, 2.75) is 59.5 Å². The van der Waals surface area contributed by atoms with Gasteiger partial charge >= 0.3 is 5.97 Å². The van der Waals surface area contributed by atoms with E-state index in [1.54, 1.807) is 0 Å². The van der Waals surface area contributed by atoms with Gasteiger partial charge in [-0.15, -0.1) is 0 Å². The van der Waals surface area contributed by atoms with Crippen LogP contribution in [-0.2, 0) is 22.5 Å². The second-order valence-corrected chi connectivity index (χ2v) is 8.66. The number of aryl methyl sites for hydroxylation is 2. The van der Waals surface area contributed by atoms with Gasteiger partial charge in [-0.2, -0.15) is 0 Å². The normalized spacial score (nSPS) is 18.8. The van der Waals surface area contributed by atoms with Crippen LogP contribution in [0.3, 0.4) is 0 Å². The molecule has 1 aromatic heterocycles. The molecule has 5 nitrogen and oxygen atoms in total. The SMILES string of the molecule is CCn1cc(CC(C)(C)COC(=O)[C@@H]2CCCN(C)N2)c2cc(C)ccc21. The van der Waals surface area contributed by atoms with Crippen molar-refractivity contribution < 1.29 is 9.53 Å². The highest BCUT2D eigenvalue weighted by molar-refractivity contribution is 5.84. The molecule has 1 atom stereocenters. The minimum atomic E-state index is -0.218. The lowest BCUT2D eigenvalue weighted by Crippen LogP contribution is -2.51. The number of ether oxygens (including phenoxy) is 1. The van der Waals surface area contributed by atoms with Crippen molar-refractivity contribution in [1.29, 1.82) is 0 Å². The van der Waals surface area contributed by atoms with E-state index in [2.05, 4.69) is 62.1 Å². The van der Waals surface area contributed by atoms with Crippen LogP contribution in [0, 0.1) is 12.3 Å². The molecule has 3 rings (SSSR count). The molecule has 1 aromatic carbocycles. The minimum absolute atomic E-state index is 0.118. The van der Waals surface area contributed by atoms with Crippen LogP contribution < -0.4 is 5.43 Å². The zero-order chi connectivity index (χ0) is 19.6. The van der Waals surface area contributed by atoms with Crippen molar-refractivity contribution in [3.63, 3.8) is 0 Å². The average molecular weight is 372 g/mol. The molecule has 0 radical (unpaired) electrons. The zero-order valence-corrected chi connectivity index (χ0v) is 17.3. The standard InChI is InChI=1S/C22H33N3O2/c1-6-25-14-17(18-12-16(2)9-10-20(18)25)13-22(3,4)15-27-21(26)19-8-7-11-24(5)23-19/h9-10,12,14,19,23H,6-8,11,13,15H2,1-5H3/t19-/m0/s1. The number of benzene rings is 1. The van der Waals surface area contributed by atoms with Gasteiger partial charge in [0.1, 0.15) is 6.04 Å². The van der Waals surface area contributed by atoms with Gasteiger partial charge in [-0.3, -0.25) is 4.79 Å². The number of aromatic nitrogens is 1. The molecule has 2 heterocycles. The molecule has 0 unspecified atom stereocenters. The van der Waals surface area contributed by atoms with E-state index >= 15 is 0 Å². The molecule has 2 aromatic rings. The number of fused-ring (bicyclic) bond motifs is 1. The minimum Gasteiger partial charge on any atom is -0.464 e. The van der Waals surface area contributed by atoms with E-state index in [1.165, 1.54) is 22.0 Å². The van der Waals surface area contributed by atoms with Crippen molar-refractivity contribution in [1.82, 2.24) is 15.0 Å². The van der Waals surface area contributed by atoms with Gasteiger partial charge in [0.25, 0.3) is 0 Å². The van der Waals surface area contributed by atoms with Crippen LogP contribution in [0.5, 0.6) is 0 Å². The van der Waals surface area contributed by atoms with E-state index < -0.39 is 0 Å². The van der Waals surface area contributed by atoms with E-state index in [1.807, 2.05) is 12.1 Å². The van der Waals surface area contributed by atoms with Gasteiger partial charge in [-0.05, 0) is 50.8 Å². The van der Waals surface area contributed by atoms with Crippen LogP contribution >= 0.6 is 0 Å². The van der Waals surface area contributed by atoms with Crippen molar-refractivity contribution in [2.75, 3.05) is 20.2 Å². The first-order valence-corrected chi connectivity index (χ1v) is 10.0. The summed E-state index contributed by atoms with van der Waals surface area (Å²) in [5.74, 6) is -0.138. The van der Waals surface area contributed by atoms with Crippen molar-refractivity contribution in [3.8, 4) is 0 Å². The van der Waals surface area contributed by atoms with Gasteiger partial charge in [-0.1, -0.05) is 25.5 Å². The smallest absolute Gasteiger partial charge is 0.324 e. The lowest BCUT2D eigenvalue weighted by molar-refractivity contribution is -0.152. The highest BCUT2D eigenvalue weighted by Gasteiger charge is 2.28. The number of hydrogen-bond donors (Lipinski definition) is 1. The van der Waals surface area contributed by atoms with Gasteiger partial charge < -0.3 is 9.30 Å². The van der Waals surface area contributed by atoms with Crippen molar-refractivity contribution >= 4 is 16.9 Å². The maximum absolute atomic E-state index is 12.4. The second-order valence-electron chi connectivity index (χ2n) is 8.66. The Morgan fingerprint density at radius 3 is 2.85 bits per heavy atom. The first-order chi connectivity index (χ1) is 12.8. The van der Waals surface area contributed by atoms with Crippen LogP contribution in [0.4, 0.5) is 0 Å². The first-order valence-electron chi connectivity index (χ1n) is 10.0. The molecule has 1 N–H and O–H groups in total. The summed E-state index contributed by atoms with van der Waals surface area (Å²) in [5, 5.41) is 3.29. The third-order valence-electron chi connectivity index (χ3n) is 5.38. The number of rotatable bonds is 6. The highest BCUT2D eigenvalue weighted by atomic mass is 16.5. The fourth-order valence-electron chi connectivity index (χ4n) is 3.92. The largest absolute Gasteiger partial charge is 0.464 e. The Bertz CT molecular complexity index is 809. The number of carbonyl (C=O) groups excluding carboxylic acids is 1. The van der Waals surface area contributed by atoms with Crippen LogP contribution in [0.2, 0.25) is 0 Å². The summed E-state index contributed by atoms with van der Waals surface area (Å²) in [4.78, 5) is 12.4. The van der Waals surface area contributed by atoms with Gasteiger partial charge in [-0.25, -0.2) is 10.4 Å². The molecule has 0 saturated carbocycles. The summed E-state index contributed by atoms with van der Waals surface area (Å²) in [5.41, 5.74) is 6.96. The molecule has 1 aliphatic heterocycles. The van der Waals surface area contributed by atoms with Gasteiger partial charge in [0.15, 0.2) is 0 Å². The Labute approximate surface area is 162 Å². The number of nitrogens with zero attached hydrogens (tertiary/aromatic N) is 2. The molecule has 0 spiro atoms. The summed E-state index contributed by atoms with van der Waals surface area (Å²) in [7, 11) is 1.97. The molecule has 0 bridgehead atoms. The summed E-state index contributed by atoms with van der Waals surface area (Å²) in [6.07, 6.45) is 4.99. The summed E-state index contributed by atoms with van der Waals surface area (Å²) < 4.78 is 8.00. The molecule has 1 fully saturated rings. The second kappa shape index (κ2) is 8.03. The third kappa shape index (κ3) is 4.71. The molecule has 148 valence electrons. The van der Waals surface area contributed by atoms with Crippen molar-refractivity contribution in [2.24, 2.45) is 5.41 Å². The van der Waals surface area contributed by atoms with E-state index in [0.717, 1.165) is 32.4 Å². The molecular weight excluding hydrogens is 338 g/mol. The highest BCUT2D eigenvalue weighted by Crippen LogP contribution is 2.30. The van der Waals surface area contributed by atoms with Crippen LogP contribution in [0.25, 0.3) is 10.9 Å². The molecule has 1 aliphatic rings. The number of hydrogen-bond acceptors (Lipinski definition) is 4. The van der Waals surface area contributed by atoms with E-state index in [0.29, 0.717) is 6.61 Å². The Kier molecular flexibility index (Phi) is 5.92. The predicted octanol–water partition coefficient (Wildman–Crippen LogP) is 3.68. The van der Waals surface area contributed by atoms with E-state index in [9.17, 15) is 4.79 Å². The molecule has 0 amide bonds. The summed E-state index contributed by atoms with van der Waals surface area (Å²) in [6.45, 7) is 11.0. The van der Waals surface area contributed by atoms with Crippen molar-refractivity contribution in [3.05, 3.63) is 35.5 Å². The lowest BCUT2D eigenvalue weighted by Gasteiger charge is -2.31. The van der Waals surface area contributed by atoms with E-state index in [-0.39, 0.29) is 17.4 Å². The summed E-state index contributed by atoms with van der Waals surface area (Å²) >= 11 is 0. The maximum Gasteiger partial charge on any atom is 0.324 e. The number of hydrazine groups is 1. The molecule has 1 saturated heterocycles. The summed E-state index contributed by atoms with van der Waals surface area (Å²) in [6, 6.07) is 6.42. The Morgan fingerprint density at radius 1 is 1.37 bits per heavy atom. The molecule has 27 heavy (non-hydrogen) atoms. The number of carbonyl (C=O) groups is 1. The predicted molar refractivity (Wildman–Crippen MR) is 110 cm³/mol. The molecule has 5 heteroatoms. The Balaban J connectivity index is 1.68. The number of nitrogens with one attached hydrogen (secondary N) is 1. The monoisotopic (exact) mass is 371 g/mol. The third-order valence-corrected chi connectivity index (χ3v) is 5.38. The van der Waals surface area contributed by atoms with Gasteiger partial charge in [0.2, 0.25) is 0 Å².